The molecule has 1 heterocycles. The van der Waals surface area contributed by atoms with E-state index < -0.39 is 0 Å². The van der Waals surface area contributed by atoms with Crippen molar-refractivity contribution in [2.24, 2.45) is 0 Å². The highest BCUT2D eigenvalue weighted by Gasteiger charge is 2.13. The maximum absolute atomic E-state index is 11.7. The Labute approximate surface area is 230 Å². The van der Waals surface area contributed by atoms with Crippen LogP contribution in [0.3, 0.4) is 0 Å². The molecule has 1 aromatic heterocycles. The van der Waals surface area contributed by atoms with Gasteiger partial charge in [0.15, 0.2) is 10.9 Å². The van der Waals surface area contributed by atoms with Crippen LogP contribution >= 0.6 is 27.3 Å². The molecule has 0 atom stereocenters. The average molecular weight is 592 g/mol. The number of aliphatic hydroxyl groups excluding tert-OH is 1. The Hall–Kier alpha value is -3.08. The van der Waals surface area contributed by atoms with Gasteiger partial charge < -0.3 is 21.5 Å². The van der Waals surface area contributed by atoms with Crippen molar-refractivity contribution in [3.8, 4) is 11.3 Å². The van der Waals surface area contributed by atoms with E-state index in [-0.39, 0.29) is 24.2 Å². The van der Waals surface area contributed by atoms with Crippen LogP contribution < -0.4 is 16.4 Å². The molecule has 3 rings (SSSR count). The zero-order valence-corrected chi connectivity index (χ0v) is 24.7. The molecule has 0 saturated heterocycles. The summed E-state index contributed by atoms with van der Waals surface area (Å²) in [5, 5.41) is 15.9. The number of alkyl halides is 1. The number of thiazole rings is 1. The van der Waals surface area contributed by atoms with Crippen LogP contribution in [0.2, 0.25) is 0 Å². The minimum Gasteiger partial charge on any atom is -0.397 e. The number of hydrogen-bond acceptors (Lipinski definition) is 7. The van der Waals surface area contributed by atoms with E-state index in [1.165, 1.54) is 25.2 Å². The Morgan fingerprint density at radius 1 is 0.919 bits per heavy atom. The number of aromatic nitrogens is 1. The number of amides is 2. The normalized spacial score (nSPS) is 9.86. The van der Waals surface area contributed by atoms with Crippen LogP contribution in [0.15, 0.2) is 29.6 Å². The van der Waals surface area contributed by atoms with E-state index in [4.69, 9.17) is 10.8 Å². The third-order valence-electron chi connectivity index (χ3n) is 4.88. The number of nitrogens with two attached hydrogens (primary N) is 1. The van der Waals surface area contributed by atoms with E-state index >= 15 is 0 Å². The fourth-order valence-electron chi connectivity index (χ4n) is 3.79. The van der Waals surface area contributed by atoms with Crippen molar-refractivity contribution in [1.29, 1.82) is 0 Å². The molecule has 0 aliphatic rings. The second-order valence-corrected chi connectivity index (χ2v) is 9.73. The zero-order chi connectivity index (χ0) is 28.3. The highest BCUT2D eigenvalue weighted by Crippen LogP contribution is 2.31. The molecule has 0 saturated carbocycles. The first-order valence-corrected chi connectivity index (χ1v) is 13.5. The van der Waals surface area contributed by atoms with Gasteiger partial charge in [0.05, 0.1) is 11.0 Å². The van der Waals surface area contributed by atoms with Crippen LogP contribution in [0.1, 0.15) is 53.4 Å². The minimum absolute atomic E-state index is 0.0596. The van der Waals surface area contributed by atoms with Crippen LogP contribution in [0, 0.1) is 27.7 Å². The Kier molecular flexibility index (Phi) is 13.2. The second kappa shape index (κ2) is 15.2. The number of Topliss-reactive ketones (excluding diaryl/α,β-unsaturated/α-hetero) is 1. The summed E-state index contributed by atoms with van der Waals surface area (Å²) in [6.07, 6.45) is 0. The minimum atomic E-state index is -0.113. The number of aliphatic hydroxyl groups is 1. The number of carbonyl (C=O) groups excluding carboxylic acids is 3. The number of nitrogens with zero attached hydrogens (tertiary/aromatic N) is 1. The SMILES string of the molecule is CC(=O)Nc1cc(C)c(-c2csc(N)n2)c(C)c1.CC(=O)Nc1cc(C)c(C(=O)CBr)c(C)c1.CCO. The molecule has 0 aliphatic heterocycles. The first kappa shape index (κ1) is 31.9. The molecule has 0 unspecified atom stereocenters. The lowest BCUT2D eigenvalue weighted by Crippen LogP contribution is -2.10. The number of carbonyl (C=O) groups is 3. The van der Waals surface area contributed by atoms with Gasteiger partial charge in [-0.05, 0) is 81.1 Å². The monoisotopic (exact) mass is 590 g/mol. The molecular formula is C27H35BrN4O4S. The molecule has 0 radical (unpaired) electrons. The largest absolute Gasteiger partial charge is 0.397 e. The van der Waals surface area contributed by atoms with E-state index in [9.17, 15) is 14.4 Å². The van der Waals surface area contributed by atoms with Gasteiger partial charge in [0.25, 0.3) is 0 Å². The first-order chi connectivity index (χ1) is 17.3. The molecule has 3 aromatic rings. The van der Waals surface area contributed by atoms with Crippen molar-refractivity contribution in [2.75, 3.05) is 28.3 Å². The van der Waals surface area contributed by atoms with Crippen LogP contribution in [-0.2, 0) is 9.59 Å². The summed E-state index contributed by atoms with van der Waals surface area (Å²) >= 11 is 4.59. The van der Waals surface area contributed by atoms with Crippen LogP contribution in [0.25, 0.3) is 11.3 Å². The Morgan fingerprint density at radius 2 is 1.32 bits per heavy atom. The smallest absolute Gasteiger partial charge is 0.221 e. The third kappa shape index (κ3) is 10.1. The van der Waals surface area contributed by atoms with Gasteiger partial charge in [-0.1, -0.05) is 15.9 Å². The average Bonchev–Trinajstić information content (AvgIpc) is 3.18. The van der Waals surface area contributed by atoms with E-state index in [0.29, 0.717) is 10.5 Å². The lowest BCUT2D eigenvalue weighted by atomic mass is 9.99. The van der Waals surface area contributed by atoms with Gasteiger partial charge in [0, 0.05) is 48.3 Å². The predicted octanol–water partition coefficient (Wildman–Crippen LogP) is 5.81. The van der Waals surface area contributed by atoms with Gasteiger partial charge >= 0.3 is 0 Å². The highest BCUT2D eigenvalue weighted by atomic mass is 79.9. The molecule has 0 bridgehead atoms. The van der Waals surface area contributed by atoms with Crippen molar-refractivity contribution in [1.82, 2.24) is 4.98 Å². The molecule has 5 N–H and O–H groups in total. The number of nitrogen functional groups attached to an aromatic ring is 1. The van der Waals surface area contributed by atoms with E-state index in [1.807, 2.05) is 57.3 Å². The number of rotatable bonds is 5. The van der Waals surface area contributed by atoms with E-state index in [0.717, 1.165) is 50.4 Å². The summed E-state index contributed by atoms with van der Waals surface area (Å²) in [4.78, 5) is 37.9. The van der Waals surface area contributed by atoms with Crippen molar-refractivity contribution in [3.05, 3.63) is 57.5 Å². The number of ketones is 1. The molecule has 0 aliphatic carbocycles. The fraction of sp³-hybridized carbons (Fsp3) is 0.333. The van der Waals surface area contributed by atoms with Crippen LogP contribution in [0.5, 0.6) is 0 Å². The van der Waals surface area contributed by atoms with Crippen molar-refractivity contribution in [3.63, 3.8) is 0 Å². The Morgan fingerprint density at radius 3 is 1.65 bits per heavy atom. The van der Waals surface area contributed by atoms with Gasteiger partial charge in [-0.2, -0.15) is 0 Å². The highest BCUT2D eigenvalue weighted by molar-refractivity contribution is 9.09. The van der Waals surface area contributed by atoms with Gasteiger partial charge in [-0.3, -0.25) is 14.4 Å². The Balaban J connectivity index is 0.000000337. The molecule has 0 spiro atoms. The van der Waals surface area contributed by atoms with Gasteiger partial charge in [-0.15, -0.1) is 11.3 Å². The summed E-state index contributed by atoms with van der Waals surface area (Å²) in [6.45, 7) is 12.6. The standard InChI is InChI=1S/C13H15N3OS.C12H14BrNO2.C2H6O/c1-7-4-10(15-9(3)17)5-8(2)12(7)11-6-18-13(14)16-11;1-7-4-10(14-9(3)15)5-8(2)12(7)11(16)6-13;1-2-3/h4-6H,1-3H3,(H2,14,16)(H,15,17);4-5H,6H2,1-3H3,(H,14,15);3H,2H2,1H3. The van der Waals surface area contributed by atoms with Crippen molar-refractivity contribution >= 4 is 61.4 Å². The summed E-state index contributed by atoms with van der Waals surface area (Å²) in [7, 11) is 0. The Bertz CT molecular complexity index is 1210. The number of benzene rings is 2. The number of halogens is 1. The summed E-state index contributed by atoms with van der Waals surface area (Å²) in [6, 6.07) is 7.51. The zero-order valence-electron chi connectivity index (χ0n) is 22.3. The lowest BCUT2D eigenvalue weighted by molar-refractivity contribution is -0.115. The van der Waals surface area contributed by atoms with Crippen LogP contribution in [0.4, 0.5) is 16.5 Å². The molecule has 0 fully saturated rings. The summed E-state index contributed by atoms with van der Waals surface area (Å²) in [5.41, 5.74) is 13.8. The lowest BCUT2D eigenvalue weighted by Gasteiger charge is -2.11. The maximum atomic E-state index is 11.7. The summed E-state index contributed by atoms with van der Waals surface area (Å²) in [5.74, 6) is -0.123. The summed E-state index contributed by atoms with van der Waals surface area (Å²) < 4.78 is 0. The molecule has 37 heavy (non-hydrogen) atoms. The number of nitrogens with one attached hydrogen (secondary N) is 2. The maximum Gasteiger partial charge on any atom is 0.221 e. The first-order valence-electron chi connectivity index (χ1n) is 11.5. The molecule has 2 amide bonds. The molecular weight excluding hydrogens is 556 g/mol. The quantitative estimate of drug-likeness (QED) is 0.219. The second-order valence-electron chi connectivity index (χ2n) is 8.28. The fourth-order valence-corrected chi connectivity index (χ4v) is 4.63. The molecule has 200 valence electrons. The van der Waals surface area contributed by atoms with E-state index in [1.54, 1.807) is 6.92 Å². The van der Waals surface area contributed by atoms with Gasteiger partial charge in [0.1, 0.15) is 0 Å². The molecule has 2 aromatic carbocycles. The van der Waals surface area contributed by atoms with Crippen molar-refractivity contribution in [2.45, 2.75) is 48.5 Å². The number of hydrogen-bond donors (Lipinski definition) is 4. The third-order valence-corrected chi connectivity index (χ3v) is 6.07. The number of aryl methyl sites for hydroxylation is 4. The molecule has 8 nitrogen and oxygen atoms in total. The predicted molar refractivity (Wildman–Crippen MR) is 157 cm³/mol. The van der Waals surface area contributed by atoms with Crippen molar-refractivity contribution < 1.29 is 19.5 Å². The van der Waals surface area contributed by atoms with Crippen LogP contribution in [-0.4, -0.2) is 39.6 Å². The topological polar surface area (TPSA) is 134 Å². The van der Waals surface area contributed by atoms with Gasteiger partial charge in [-0.25, -0.2) is 4.98 Å². The van der Waals surface area contributed by atoms with E-state index in [2.05, 4.69) is 31.5 Å². The molecule has 10 heteroatoms. The van der Waals surface area contributed by atoms with Gasteiger partial charge in [0.2, 0.25) is 11.8 Å². The number of anilines is 3.